The van der Waals surface area contributed by atoms with Gasteiger partial charge >= 0.3 is 0 Å². The summed E-state index contributed by atoms with van der Waals surface area (Å²) in [7, 11) is 0. The molecule has 2 heterocycles. The van der Waals surface area contributed by atoms with E-state index in [1.54, 1.807) is 0 Å². The Bertz CT molecular complexity index is 198. The van der Waals surface area contributed by atoms with Crippen LogP contribution in [0.1, 0.15) is 32.6 Å². The maximum atomic E-state index is 3.80. The molecule has 0 aromatic carbocycles. The molecule has 0 aromatic heterocycles. The first-order valence-electron chi connectivity index (χ1n) is 6.92. The lowest BCUT2D eigenvalue weighted by molar-refractivity contribution is 0.177. The van der Waals surface area contributed by atoms with Gasteiger partial charge in [-0.25, -0.2) is 0 Å². The van der Waals surface area contributed by atoms with Crippen molar-refractivity contribution < 1.29 is 0 Å². The third-order valence-electron chi connectivity index (χ3n) is 3.97. The Balaban J connectivity index is 0.00000144. The van der Waals surface area contributed by atoms with Gasteiger partial charge in [0.25, 0.3) is 0 Å². The second kappa shape index (κ2) is 8.63. The van der Waals surface area contributed by atoms with Gasteiger partial charge in [0, 0.05) is 12.6 Å². The Morgan fingerprint density at radius 2 is 2.00 bits per heavy atom. The maximum Gasteiger partial charge on any atom is 0.00828 e. The third kappa shape index (κ3) is 5.37. The van der Waals surface area contributed by atoms with Gasteiger partial charge in [-0.05, 0) is 62.7 Å². The number of hydrogen-bond acceptors (Lipinski definition) is 3. The standard InChI is InChI=1S/C13H26N2S.ClH/c1-2-15-7-3-4-12(11-15)10-14-13-5-8-16-9-6-13;/h12-14H,2-11H2,1H3;1H. The fourth-order valence-corrected chi connectivity index (χ4v) is 3.95. The molecule has 1 N–H and O–H groups in total. The van der Waals surface area contributed by atoms with Gasteiger partial charge in [0.05, 0.1) is 0 Å². The molecular weight excluding hydrogens is 252 g/mol. The van der Waals surface area contributed by atoms with E-state index in [0.717, 1.165) is 12.0 Å². The molecule has 2 aliphatic heterocycles. The Kier molecular flexibility index (Phi) is 7.92. The number of rotatable bonds is 4. The molecule has 17 heavy (non-hydrogen) atoms. The number of nitrogens with zero attached hydrogens (tertiary/aromatic N) is 1. The number of thioether (sulfide) groups is 1. The van der Waals surface area contributed by atoms with E-state index in [1.165, 1.54) is 63.4 Å². The number of hydrogen-bond donors (Lipinski definition) is 1. The minimum atomic E-state index is 0. The Morgan fingerprint density at radius 3 is 2.71 bits per heavy atom. The largest absolute Gasteiger partial charge is 0.314 e. The molecule has 0 saturated carbocycles. The Hall–Kier alpha value is 0.560. The molecule has 0 aromatic rings. The van der Waals surface area contributed by atoms with Crippen LogP contribution in [0.4, 0.5) is 0 Å². The van der Waals surface area contributed by atoms with Crippen LogP contribution in [0.2, 0.25) is 0 Å². The van der Waals surface area contributed by atoms with Crippen molar-refractivity contribution in [2.45, 2.75) is 38.6 Å². The highest BCUT2D eigenvalue weighted by Crippen LogP contribution is 2.19. The highest BCUT2D eigenvalue weighted by Gasteiger charge is 2.20. The SMILES string of the molecule is CCN1CCCC(CNC2CCSCC2)C1.Cl. The highest BCUT2D eigenvalue weighted by molar-refractivity contribution is 7.99. The normalized spacial score (nSPS) is 27.7. The van der Waals surface area contributed by atoms with Crippen molar-refractivity contribution in [1.82, 2.24) is 10.2 Å². The molecule has 4 heteroatoms. The van der Waals surface area contributed by atoms with Crippen molar-refractivity contribution in [2.24, 2.45) is 5.92 Å². The zero-order valence-electron chi connectivity index (χ0n) is 11.0. The summed E-state index contributed by atoms with van der Waals surface area (Å²) in [5.74, 6) is 3.63. The summed E-state index contributed by atoms with van der Waals surface area (Å²) in [6.45, 7) is 7.43. The van der Waals surface area contributed by atoms with Gasteiger partial charge in [-0.15, -0.1) is 12.4 Å². The van der Waals surface area contributed by atoms with Crippen molar-refractivity contribution in [2.75, 3.05) is 37.7 Å². The molecule has 2 fully saturated rings. The zero-order valence-corrected chi connectivity index (χ0v) is 12.6. The molecule has 0 bridgehead atoms. The van der Waals surface area contributed by atoms with Crippen LogP contribution in [0.15, 0.2) is 0 Å². The lowest BCUT2D eigenvalue weighted by atomic mass is 9.97. The predicted molar refractivity (Wildman–Crippen MR) is 80.4 cm³/mol. The van der Waals surface area contributed by atoms with Gasteiger partial charge in [-0.1, -0.05) is 6.92 Å². The number of likely N-dealkylation sites (tertiary alicyclic amines) is 1. The first-order chi connectivity index (χ1) is 7.88. The van der Waals surface area contributed by atoms with Crippen molar-refractivity contribution >= 4 is 24.2 Å². The molecule has 0 radical (unpaired) electrons. The van der Waals surface area contributed by atoms with Crippen molar-refractivity contribution in [3.8, 4) is 0 Å². The first kappa shape index (κ1) is 15.6. The second-order valence-corrected chi connectivity index (χ2v) is 6.42. The highest BCUT2D eigenvalue weighted by atomic mass is 35.5. The van der Waals surface area contributed by atoms with E-state index in [-0.39, 0.29) is 12.4 Å². The van der Waals surface area contributed by atoms with Gasteiger partial charge in [0.2, 0.25) is 0 Å². The predicted octanol–water partition coefficient (Wildman–Crippen LogP) is 2.63. The average Bonchev–Trinajstić information content (AvgIpc) is 2.38. The van der Waals surface area contributed by atoms with Crippen molar-refractivity contribution in [3.63, 3.8) is 0 Å². The molecule has 1 unspecified atom stereocenters. The Labute approximate surface area is 117 Å². The van der Waals surface area contributed by atoms with E-state index in [4.69, 9.17) is 0 Å². The van der Waals surface area contributed by atoms with E-state index in [2.05, 4.69) is 28.9 Å². The maximum absolute atomic E-state index is 3.80. The molecule has 102 valence electrons. The fourth-order valence-electron chi connectivity index (χ4n) is 2.84. The molecular formula is C13H27ClN2S. The molecule has 2 saturated heterocycles. The van der Waals surface area contributed by atoms with Crippen LogP contribution >= 0.6 is 24.2 Å². The molecule has 1 atom stereocenters. The molecule has 0 spiro atoms. The van der Waals surface area contributed by atoms with Crippen LogP contribution in [0.5, 0.6) is 0 Å². The minimum absolute atomic E-state index is 0. The number of piperidine rings is 1. The summed E-state index contributed by atoms with van der Waals surface area (Å²) in [6.07, 6.45) is 5.61. The molecule has 0 amide bonds. The number of halogens is 1. The van der Waals surface area contributed by atoms with E-state index >= 15 is 0 Å². The zero-order chi connectivity index (χ0) is 11.2. The van der Waals surface area contributed by atoms with Crippen LogP contribution in [-0.4, -0.2) is 48.6 Å². The van der Waals surface area contributed by atoms with E-state index in [0.29, 0.717) is 0 Å². The average molecular weight is 279 g/mol. The van der Waals surface area contributed by atoms with Crippen molar-refractivity contribution in [1.29, 1.82) is 0 Å². The van der Waals surface area contributed by atoms with E-state index < -0.39 is 0 Å². The minimum Gasteiger partial charge on any atom is -0.314 e. The van der Waals surface area contributed by atoms with Crippen LogP contribution in [0, 0.1) is 5.92 Å². The van der Waals surface area contributed by atoms with Gasteiger partial charge in [-0.3, -0.25) is 0 Å². The molecule has 2 aliphatic rings. The monoisotopic (exact) mass is 278 g/mol. The van der Waals surface area contributed by atoms with E-state index in [9.17, 15) is 0 Å². The van der Waals surface area contributed by atoms with Crippen molar-refractivity contribution in [3.05, 3.63) is 0 Å². The smallest absolute Gasteiger partial charge is 0.00828 e. The fraction of sp³-hybridized carbons (Fsp3) is 1.00. The second-order valence-electron chi connectivity index (χ2n) is 5.20. The summed E-state index contributed by atoms with van der Waals surface area (Å²) in [5, 5.41) is 3.80. The molecule has 2 nitrogen and oxygen atoms in total. The van der Waals surface area contributed by atoms with Crippen LogP contribution < -0.4 is 5.32 Å². The van der Waals surface area contributed by atoms with Gasteiger partial charge < -0.3 is 10.2 Å². The summed E-state index contributed by atoms with van der Waals surface area (Å²) >= 11 is 2.12. The lowest BCUT2D eigenvalue weighted by Crippen LogP contribution is -2.42. The third-order valence-corrected chi connectivity index (χ3v) is 5.02. The van der Waals surface area contributed by atoms with E-state index in [1.807, 2.05) is 0 Å². The summed E-state index contributed by atoms with van der Waals surface area (Å²) in [6, 6.07) is 0.818. The number of nitrogens with one attached hydrogen (secondary N) is 1. The lowest BCUT2D eigenvalue weighted by Gasteiger charge is -2.33. The van der Waals surface area contributed by atoms with Crippen LogP contribution in [0.3, 0.4) is 0 Å². The topological polar surface area (TPSA) is 15.3 Å². The van der Waals surface area contributed by atoms with Gasteiger partial charge in [0.1, 0.15) is 0 Å². The summed E-state index contributed by atoms with van der Waals surface area (Å²) in [5.41, 5.74) is 0. The summed E-state index contributed by atoms with van der Waals surface area (Å²) < 4.78 is 0. The van der Waals surface area contributed by atoms with Crippen LogP contribution in [-0.2, 0) is 0 Å². The quantitative estimate of drug-likeness (QED) is 0.851. The molecule has 0 aliphatic carbocycles. The first-order valence-corrected chi connectivity index (χ1v) is 8.07. The van der Waals surface area contributed by atoms with Gasteiger partial charge in [0.15, 0.2) is 0 Å². The summed E-state index contributed by atoms with van der Waals surface area (Å²) in [4.78, 5) is 2.60. The Morgan fingerprint density at radius 1 is 1.24 bits per heavy atom. The van der Waals surface area contributed by atoms with Crippen LogP contribution in [0.25, 0.3) is 0 Å². The molecule has 2 rings (SSSR count). The van der Waals surface area contributed by atoms with Gasteiger partial charge in [-0.2, -0.15) is 11.8 Å².